The molecule has 0 aromatic carbocycles. The van der Waals surface area contributed by atoms with Crippen LogP contribution in [0.5, 0.6) is 0 Å². The molecule has 0 aromatic heterocycles. The number of carboxylic acids is 1. The fourth-order valence-corrected chi connectivity index (χ4v) is 2.37. The molecule has 1 unspecified atom stereocenters. The van der Waals surface area contributed by atoms with Gasteiger partial charge >= 0.3 is 5.97 Å². The lowest BCUT2D eigenvalue weighted by Gasteiger charge is -2.31. The predicted octanol–water partition coefficient (Wildman–Crippen LogP) is 2.34. The molecule has 112 valence electrons. The average Bonchev–Trinajstić information content (AvgIpc) is 3.15. The van der Waals surface area contributed by atoms with E-state index < -0.39 is 11.5 Å². The van der Waals surface area contributed by atoms with Crippen LogP contribution in [-0.4, -0.2) is 47.2 Å². The van der Waals surface area contributed by atoms with E-state index in [1.165, 1.54) is 12.8 Å². The normalized spacial score (nSPS) is 18.8. The summed E-state index contributed by atoms with van der Waals surface area (Å²) in [7, 11) is 0. The van der Waals surface area contributed by atoms with Crippen LogP contribution in [0, 0.1) is 5.92 Å². The third-order valence-electron chi connectivity index (χ3n) is 3.80. The van der Waals surface area contributed by atoms with Crippen LogP contribution in [0.1, 0.15) is 53.4 Å². The zero-order chi connectivity index (χ0) is 14.5. The maximum Gasteiger partial charge on any atom is 0.323 e. The molecule has 4 heteroatoms. The van der Waals surface area contributed by atoms with E-state index in [1.54, 1.807) is 0 Å². The summed E-state index contributed by atoms with van der Waals surface area (Å²) < 4.78 is 0. The molecule has 0 amide bonds. The van der Waals surface area contributed by atoms with Gasteiger partial charge in [0.1, 0.15) is 5.54 Å². The molecule has 0 heterocycles. The van der Waals surface area contributed by atoms with Crippen LogP contribution in [0.4, 0.5) is 0 Å². The average molecular weight is 270 g/mol. The van der Waals surface area contributed by atoms with Gasteiger partial charge in [0.15, 0.2) is 0 Å². The van der Waals surface area contributed by atoms with Gasteiger partial charge in [-0.3, -0.25) is 4.79 Å². The quantitative estimate of drug-likeness (QED) is 0.640. The standard InChI is InChI=1S/C15H30N2O2/c1-5-9-16-15(4,14(18)19)8-10-17(11-12(2)3)13-6-7-13/h12-13,16H,5-11H2,1-4H3,(H,18,19). The molecule has 1 aliphatic carbocycles. The van der Waals surface area contributed by atoms with Crippen LogP contribution in [-0.2, 0) is 4.79 Å². The van der Waals surface area contributed by atoms with Crippen molar-refractivity contribution < 1.29 is 9.90 Å². The minimum Gasteiger partial charge on any atom is -0.480 e. The van der Waals surface area contributed by atoms with Crippen molar-refractivity contribution in [2.45, 2.75) is 65.0 Å². The summed E-state index contributed by atoms with van der Waals surface area (Å²) in [6.45, 7) is 11.0. The van der Waals surface area contributed by atoms with Gasteiger partial charge in [0.2, 0.25) is 0 Å². The van der Waals surface area contributed by atoms with E-state index in [-0.39, 0.29) is 0 Å². The van der Waals surface area contributed by atoms with Crippen molar-refractivity contribution in [1.82, 2.24) is 10.2 Å². The third kappa shape index (κ3) is 5.49. The number of hydrogen-bond acceptors (Lipinski definition) is 3. The summed E-state index contributed by atoms with van der Waals surface area (Å²) in [6.07, 6.45) is 4.19. The zero-order valence-corrected chi connectivity index (χ0v) is 12.9. The summed E-state index contributed by atoms with van der Waals surface area (Å²) in [5.41, 5.74) is -0.792. The molecule has 19 heavy (non-hydrogen) atoms. The van der Waals surface area contributed by atoms with Gasteiger partial charge in [-0.15, -0.1) is 0 Å². The molecule has 2 N–H and O–H groups in total. The molecule has 0 radical (unpaired) electrons. The number of hydrogen-bond donors (Lipinski definition) is 2. The Morgan fingerprint density at radius 1 is 1.47 bits per heavy atom. The van der Waals surface area contributed by atoms with Crippen LogP contribution in [0.25, 0.3) is 0 Å². The van der Waals surface area contributed by atoms with Crippen LogP contribution in [0.3, 0.4) is 0 Å². The maximum absolute atomic E-state index is 11.5. The molecule has 0 aromatic rings. The molecule has 0 saturated heterocycles. The lowest BCUT2D eigenvalue weighted by Crippen LogP contribution is -2.52. The van der Waals surface area contributed by atoms with Gasteiger partial charge in [0, 0.05) is 19.1 Å². The molecule has 1 aliphatic rings. The second kappa shape index (κ2) is 7.25. The van der Waals surface area contributed by atoms with E-state index >= 15 is 0 Å². The highest BCUT2D eigenvalue weighted by atomic mass is 16.4. The van der Waals surface area contributed by atoms with Gasteiger partial charge < -0.3 is 15.3 Å². The van der Waals surface area contributed by atoms with E-state index in [1.807, 2.05) is 6.92 Å². The van der Waals surface area contributed by atoms with Crippen LogP contribution in [0.2, 0.25) is 0 Å². The Balaban J connectivity index is 2.50. The number of nitrogens with one attached hydrogen (secondary N) is 1. The van der Waals surface area contributed by atoms with Crippen molar-refractivity contribution in [2.75, 3.05) is 19.6 Å². The Morgan fingerprint density at radius 3 is 2.53 bits per heavy atom. The number of carboxylic acid groups (broad SMARTS) is 1. The summed E-state index contributed by atoms with van der Waals surface area (Å²) in [5, 5.41) is 12.6. The highest BCUT2D eigenvalue weighted by Gasteiger charge is 2.35. The monoisotopic (exact) mass is 270 g/mol. The van der Waals surface area contributed by atoms with E-state index in [2.05, 4.69) is 31.0 Å². The van der Waals surface area contributed by atoms with E-state index in [9.17, 15) is 9.90 Å². The molecule has 1 rings (SSSR count). The largest absolute Gasteiger partial charge is 0.480 e. The Labute approximate surface area is 117 Å². The van der Waals surface area contributed by atoms with Gasteiger partial charge in [-0.25, -0.2) is 0 Å². The molecule has 1 fully saturated rings. The minimum atomic E-state index is -0.792. The first-order chi connectivity index (χ1) is 8.89. The molecular formula is C15H30N2O2. The van der Waals surface area contributed by atoms with Gasteiger partial charge in [-0.05, 0) is 45.1 Å². The van der Waals surface area contributed by atoms with Crippen molar-refractivity contribution >= 4 is 5.97 Å². The van der Waals surface area contributed by atoms with Crippen molar-refractivity contribution in [3.8, 4) is 0 Å². The lowest BCUT2D eigenvalue weighted by atomic mass is 9.97. The smallest absolute Gasteiger partial charge is 0.323 e. The van der Waals surface area contributed by atoms with E-state index in [0.29, 0.717) is 18.4 Å². The second-order valence-corrected chi connectivity index (χ2v) is 6.43. The van der Waals surface area contributed by atoms with Crippen molar-refractivity contribution in [3.05, 3.63) is 0 Å². The summed E-state index contributed by atoms with van der Waals surface area (Å²) in [4.78, 5) is 13.9. The molecule has 0 aliphatic heterocycles. The van der Waals surface area contributed by atoms with Crippen LogP contribution in [0.15, 0.2) is 0 Å². The molecule has 1 atom stereocenters. The summed E-state index contributed by atoms with van der Waals surface area (Å²) in [5.74, 6) is -0.0958. The van der Waals surface area contributed by atoms with Crippen molar-refractivity contribution in [1.29, 1.82) is 0 Å². The first-order valence-corrected chi connectivity index (χ1v) is 7.61. The first-order valence-electron chi connectivity index (χ1n) is 7.61. The highest BCUT2D eigenvalue weighted by Crippen LogP contribution is 2.28. The lowest BCUT2D eigenvalue weighted by molar-refractivity contribution is -0.144. The SMILES string of the molecule is CCCNC(C)(CCN(CC(C)C)C1CC1)C(=O)O. The Hall–Kier alpha value is -0.610. The van der Waals surface area contributed by atoms with E-state index in [0.717, 1.165) is 26.1 Å². The molecule has 0 bridgehead atoms. The maximum atomic E-state index is 11.5. The van der Waals surface area contributed by atoms with E-state index in [4.69, 9.17) is 0 Å². The Bertz CT molecular complexity index is 290. The van der Waals surface area contributed by atoms with Crippen LogP contribution < -0.4 is 5.32 Å². The van der Waals surface area contributed by atoms with Gasteiger partial charge in [0.25, 0.3) is 0 Å². The molecule has 0 spiro atoms. The van der Waals surface area contributed by atoms with Crippen LogP contribution >= 0.6 is 0 Å². The van der Waals surface area contributed by atoms with Crippen molar-refractivity contribution in [3.63, 3.8) is 0 Å². The fourth-order valence-electron chi connectivity index (χ4n) is 2.37. The third-order valence-corrected chi connectivity index (χ3v) is 3.80. The molecular weight excluding hydrogens is 240 g/mol. The number of aliphatic carboxylic acids is 1. The topological polar surface area (TPSA) is 52.6 Å². The van der Waals surface area contributed by atoms with Gasteiger partial charge in [0.05, 0.1) is 0 Å². The predicted molar refractivity (Wildman–Crippen MR) is 78.4 cm³/mol. The first kappa shape index (κ1) is 16.4. The number of nitrogens with zero attached hydrogens (tertiary/aromatic N) is 1. The number of rotatable bonds is 10. The minimum absolute atomic E-state index is 0.639. The molecule has 1 saturated carbocycles. The Morgan fingerprint density at radius 2 is 2.11 bits per heavy atom. The fraction of sp³-hybridized carbons (Fsp3) is 0.933. The van der Waals surface area contributed by atoms with Crippen molar-refractivity contribution in [2.24, 2.45) is 5.92 Å². The number of carbonyl (C=O) groups is 1. The second-order valence-electron chi connectivity index (χ2n) is 6.43. The molecule has 4 nitrogen and oxygen atoms in total. The summed E-state index contributed by atoms with van der Waals surface area (Å²) >= 11 is 0. The Kier molecular flexibility index (Phi) is 6.27. The van der Waals surface area contributed by atoms with Gasteiger partial charge in [-0.2, -0.15) is 0 Å². The zero-order valence-electron chi connectivity index (χ0n) is 12.9. The van der Waals surface area contributed by atoms with Gasteiger partial charge in [-0.1, -0.05) is 20.8 Å². The summed E-state index contributed by atoms with van der Waals surface area (Å²) in [6, 6.07) is 0.701. The highest BCUT2D eigenvalue weighted by molar-refractivity contribution is 5.78.